The normalized spacial score (nSPS) is 18.6. The van der Waals surface area contributed by atoms with E-state index in [0.29, 0.717) is 25.1 Å². The maximum absolute atomic E-state index is 13.7. The highest BCUT2D eigenvalue weighted by molar-refractivity contribution is 5.68. The molecule has 134 valence electrons. The third-order valence-electron chi connectivity index (χ3n) is 3.35. The lowest BCUT2D eigenvalue weighted by atomic mass is 10.2. The van der Waals surface area contributed by atoms with Crippen LogP contribution in [0.25, 0.3) is 0 Å². The largest absolute Gasteiger partial charge is 0.485 e. The van der Waals surface area contributed by atoms with Gasteiger partial charge in [0.25, 0.3) is 0 Å². The van der Waals surface area contributed by atoms with Gasteiger partial charge in [0.05, 0.1) is 12.1 Å². The van der Waals surface area contributed by atoms with Gasteiger partial charge >= 0.3 is 12.3 Å². The average molecular weight is 349 g/mol. The van der Waals surface area contributed by atoms with Gasteiger partial charge in [-0.15, -0.1) is 0 Å². The number of ether oxygens (including phenoxy) is 2. The Bertz CT molecular complexity index is 610. The fourth-order valence-corrected chi connectivity index (χ4v) is 2.27. The summed E-state index contributed by atoms with van der Waals surface area (Å²) >= 11 is 0. The first-order valence-electron chi connectivity index (χ1n) is 7.47. The number of hydrogen-bond donors (Lipinski definition) is 0. The van der Waals surface area contributed by atoms with Gasteiger partial charge in [0.1, 0.15) is 11.7 Å². The number of benzene rings is 1. The van der Waals surface area contributed by atoms with Crippen LogP contribution in [0.2, 0.25) is 0 Å². The van der Waals surface area contributed by atoms with E-state index in [1.807, 2.05) is 0 Å². The Morgan fingerprint density at radius 3 is 2.50 bits per heavy atom. The molecule has 1 aromatic carbocycles. The summed E-state index contributed by atoms with van der Waals surface area (Å²) in [6, 6.07) is 2.01. The van der Waals surface area contributed by atoms with Crippen molar-refractivity contribution in [1.29, 1.82) is 0 Å². The van der Waals surface area contributed by atoms with Crippen LogP contribution in [-0.2, 0) is 10.9 Å². The molecular weight excluding hydrogens is 330 g/mol. The minimum absolute atomic E-state index is 0.130. The van der Waals surface area contributed by atoms with E-state index in [1.165, 1.54) is 4.90 Å². The molecule has 0 saturated carbocycles. The molecule has 0 unspecified atom stereocenters. The van der Waals surface area contributed by atoms with Gasteiger partial charge in [0.15, 0.2) is 11.6 Å². The van der Waals surface area contributed by atoms with Crippen molar-refractivity contribution < 1.29 is 31.8 Å². The lowest BCUT2D eigenvalue weighted by Crippen LogP contribution is -2.36. The zero-order valence-electron chi connectivity index (χ0n) is 13.6. The second kappa shape index (κ2) is 6.49. The smallest absolute Gasteiger partial charge is 0.416 e. The van der Waals surface area contributed by atoms with Gasteiger partial charge in [-0.3, -0.25) is 0 Å². The molecule has 0 radical (unpaired) electrons. The van der Waals surface area contributed by atoms with Crippen LogP contribution in [0.15, 0.2) is 18.2 Å². The Labute approximate surface area is 137 Å². The summed E-state index contributed by atoms with van der Waals surface area (Å²) < 4.78 is 62.3. The number of hydrogen-bond acceptors (Lipinski definition) is 3. The minimum atomic E-state index is -4.58. The standard InChI is InChI=1S/C16H19F4NO3/c1-15(2,3)24-14(22)21-7-6-11(9-21)23-13-8-10(16(18,19)20)4-5-12(13)17/h4-5,8,11H,6-7,9H2,1-3H3/t11-/m0/s1. The lowest BCUT2D eigenvalue weighted by molar-refractivity contribution is -0.137. The van der Waals surface area contributed by atoms with Gasteiger partial charge in [0.2, 0.25) is 0 Å². The molecule has 1 heterocycles. The van der Waals surface area contributed by atoms with Crippen LogP contribution < -0.4 is 4.74 Å². The van der Waals surface area contributed by atoms with E-state index in [-0.39, 0.29) is 6.54 Å². The van der Waals surface area contributed by atoms with Crippen LogP contribution >= 0.6 is 0 Å². The molecule has 4 nitrogen and oxygen atoms in total. The van der Waals surface area contributed by atoms with E-state index in [4.69, 9.17) is 9.47 Å². The Morgan fingerprint density at radius 2 is 1.92 bits per heavy atom. The van der Waals surface area contributed by atoms with Crippen molar-refractivity contribution in [1.82, 2.24) is 4.90 Å². The average Bonchev–Trinajstić information content (AvgIpc) is 2.87. The minimum Gasteiger partial charge on any atom is -0.485 e. The highest BCUT2D eigenvalue weighted by Crippen LogP contribution is 2.33. The van der Waals surface area contributed by atoms with Gasteiger partial charge in [-0.1, -0.05) is 0 Å². The molecular formula is C16H19F4NO3. The second-order valence-corrected chi connectivity index (χ2v) is 6.60. The van der Waals surface area contributed by atoms with Gasteiger partial charge in [-0.25, -0.2) is 9.18 Å². The van der Waals surface area contributed by atoms with Gasteiger partial charge in [-0.05, 0) is 39.0 Å². The number of alkyl halides is 3. The van der Waals surface area contributed by atoms with E-state index in [2.05, 4.69) is 0 Å². The molecule has 1 saturated heterocycles. The summed E-state index contributed by atoms with van der Waals surface area (Å²) in [4.78, 5) is 13.3. The number of rotatable bonds is 2. The predicted molar refractivity (Wildman–Crippen MR) is 78.2 cm³/mol. The fourth-order valence-electron chi connectivity index (χ4n) is 2.27. The molecule has 1 amide bonds. The summed E-state index contributed by atoms with van der Waals surface area (Å²) in [7, 11) is 0. The van der Waals surface area contributed by atoms with Crippen LogP contribution in [0.1, 0.15) is 32.8 Å². The highest BCUT2D eigenvalue weighted by atomic mass is 19.4. The second-order valence-electron chi connectivity index (χ2n) is 6.60. The van der Waals surface area contributed by atoms with Crippen molar-refractivity contribution >= 4 is 6.09 Å². The SMILES string of the molecule is CC(C)(C)OC(=O)N1CC[C@H](Oc2cc(C(F)(F)F)ccc2F)C1. The van der Waals surface area contributed by atoms with E-state index in [1.54, 1.807) is 20.8 Å². The van der Waals surface area contributed by atoms with E-state index < -0.39 is 41.1 Å². The predicted octanol–water partition coefficient (Wildman–Crippen LogP) is 4.23. The molecule has 0 N–H and O–H groups in total. The number of carbonyl (C=O) groups is 1. The number of likely N-dealkylation sites (tertiary alicyclic amines) is 1. The first-order valence-corrected chi connectivity index (χ1v) is 7.47. The molecule has 8 heteroatoms. The third kappa shape index (κ3) is 4.75. The number of nitrogens with zero attached hydrogens (tertiary/aromatic N) is 1. The van der Waals surface area contributed by atoms with Gasteiger partial charge < -0.3 is 14.4 Å². The van der Waals surface area contributed by atoms with E-state index in [9.17, 15) is 22.4 Å². The first-order chi connectivity index (χ1) is 11.0. The first kappa shape index (κ1) is 18.4. The van der Waals surface area contributed by atoms with Crippen molar-refractivity contribution in [2.45, 2.75) is 45.1 Å². The fraction of sp³-hybridized carbons (Fsp3) is 0.562. The van der Waals surface area contributed by atoms with E-state index >= 15 is 0 Å². The Hall–Kier alpha value is -1.99. The molecule has 2 rings (SSSR count). The molecule has 1 aliphatic heterocycles. The van der Waals surface area contributed by atoms with Gasteiger partial charge in [-0.2, -0.15) is 13.2 Å². The quantitative estimate of drug-likeness (QED) is 0.750. The molecule has 0 bridgehead atoms. The maximum atomic E-state index is 13.7. The summed E-state index contributed by atoms with van der Waals surface area (Å²) in [5.74, 6) is -1.35. The Morgan fingerprint density at radius 1 is 1.25 bits per heavy atom. The molecule has 0 aromatic heterocycles. The zero-order chi connectivity index (χ0) is 18.1. The topological polar surface area (TPSA) is 38.8 Å². The van der Waals surface area contributed by atoms with Crippen molar-refractivity contribution in [3.8, 4) is 5.75 Å². The molecule has 1 aromatic rings. The zero-order valence-corrected chi connectivity index (χ0v) is 13.6. The summed E-state index contributed by atoms with van der Waals surface area (Å²) in [6.07, 6.45) is -5.31. The van der Waals surface area contributed by atoms with Crippen LogP contribution in [0.3, 0.4) is 0 Å². The molecule has 24 heavy (non-hydrogen) atoms. The van der Waals surface area contributed by atoms with Crippen molar-refractivity contribution in [3.63, 3.8) is 0 Å². The molecule has 1 atom stereocenters. The lowest BCUT2D eigenvalue weighted by Gasteiger charge is -2.24. The highest BCUT2D eigenvalue weighted by Gasteiger charge is 2.34. The maximum Gasteiger partial charge on any atom is 0.416 e. The van der Waals surface area contributed by atoms with Crippen LogP contribution in [0.4, 0.5) is 22.4 Å². The van der Waals surface area contributed by atoms with Gasteiger partial charge in [0, 0.05) is 13.0 Å². The summed E-state index contributed by atoms with van der Waals surface area (Å²) in [5.41, 5.74) is -1.63. The summed E-state index contributed by atoms with van der Waals surface area (Å²) in [5, 5.41) is 0. The van der Waals surface area contributed by atoms with E-state index in [0.717, 1.165) is 6.07 Å². The number of halogens is 4. The molecule has 0 aliphatic carbocycles. The van der Waals surface area contributed by atoms with Crippen molar-refractivity contribution in [3.05, 3.63) is 29.6 Å². The van der Waals surface area contributed by atoms with Crippen LogP contribution in [-0.4, -0.2) is 35.8 Å². The Balaban J connectivity index is 2.02. The number of carbonyl (C=O) groups excluding carboxylic acids is 1. The van der Waals surface area contributed by atoms with Crippen molar-refractivity contribution in [2.24, 2.45) is 0 Å². The number of amides is 1. The molecule has 1 aliphatic rings. The molecule has 0 spiro atoms. The third-order valence-corrected chi connectivity index (χ3v) is 3.35. The van der Waals surface area contributed by atoms with Crippen LogP contribution in [0, 0.1) is 5.82 Å². The van der Waals surface area contributed by atoms with Crippen LogP contribution in [0.5, 0.6) is 5.75 Å². The summed E-state index contributed by atoms with van der Waals surface area (Å²) in [6.45, 7) is 5.65. The van der Waals surface area contributed by atoms with Crippen molar-refractivity contribution in [2.75, 3.05) is 13.1 Å². The monoisotopic (exact) mass is 349 g/mol. The Kier molecular flexibility index (Phi) is 4.96. The molecule has 1 fully saturated rings.